The van der Waals surface area contributed by atoms with Gasteiger partial charge in [-0.3, -0.25) is 19.4 Å². The van der Waals surface area contributed by atoms with E-state index in [2.05, 4.69) is 28.1 Å². The Hall–Kier alpha value is -1.96. The molecule has 0 saturated carbocycles. The summed E-state index contributed by atoms with van der Waals surface area (Å²) in [5.41, 5.74) is 1.91. The number of nitrogens with zero attached hydrogens (tertiary/aromatic N) is 3. The van der Waals surface area contributed by atoms with E-state index >= 15 is 0 Å². The van der Waals surface area contributed by atoms with Gasteiger partial charge >= 0.3 is 0 Å². The molecule has 160 valence electrons. The van der Waals surface area contributed by atoms with Gasteiger partial charge < -0.3 is 15.0 Å². The van der Waals surface area contributed by atoms with Crippen LogP contribution in [-0.2, 0) is 16.1 Å². The molecule has 2 aliphatic heterocycles. The average molecular weight is 403 g/mol. The molecule has 0 radical (unpaired) electrons. The summed E-state index contributed by atoms with van der Waals surface area (Å²) in [4.78, 5) is 31.4. The molecule has 2 saturated heterocycles. The van der Waals surface area contributed by atoms with Gasteiger partial charge in [0.2, 0.25) is 5.91 Å². The number of morpholine rings is 1. The standard InChI is InChI=1S/C22H34N4O3/c1-3-18(2)23-21(27)17-24-7-9-26(10-8-24)22(28)20-6-4-5-19(15-20)16-25-11-13-29-14-12-25/h4-6,15,18H,3,7-14,16-17H2,1-2H3,(H,23,27). The zero-order valence-corrected chi connectivity index (χ0v) is 17.7. The number of benzene rings is 1. The smallest absolute Gasteiger partial charge is 0.253 e. The van der Waals surface area contributed by atoms with Gasteiger partial charge in [0.05, 0.1) is 19.8 Å². The van der Waals surface area contributed by atoms with Crippen molar-refractivity contribution in [1.82, 2.24) is 20.0 Å². The first kappa shape index (κ1) is 21.7. The Morgan fingerprint density at radius 2 is 1.79 bits per heavy atom. The number of hydrogen-bond donors (Lipinski definition) is 1. The third-order valence-corrected chi connectivity index (χ3v) is 5.73. The predicted molar refractivity (Wildman–Crippen MR) is 113 cm³/mol. The van der Waals surface area contributed by atoms with Crippen LogP contribution in [-0.4, -0.2) is 91.6 Å². The Bertz CT molecular complexity index is 682. The number of amides is 2. The van der Waals surface area contributed by atoms with Crippen molar-refractivity contribution in [3.63, 3.8) is 0 Å². The van der Waals surface area contributed by atoms with Crippen molar-refractivity contribution in [2.75, 3.05) is 59.0 Å². The summed E-state index contributed by atoms with van der Waals surface area (Å²) in [6, 6.07) is 8.18. The molecular formula is C22H34N4O3. The van der Waals surface area contributed by atoms with E-state index in [1.807, 2.05) is 30.0 Å². The van der Waals surface area contributed by atoms with Crippen LogP contribution >= 0.6 is 0 Å². The first-order valence-corrected chi connectivity index (χ1v) is 10.7. The van der Waals surface area contributed by atoms with Gasteiger partial charge in [-0.2, -0.15) is 0 Å². The molecule has 3 rings (SSSR count). The van der Waals surface area contributed by atoms with Gasteiger partial charge in [-0.05, 0) is 31.0 Å². The largest absolute Gasteiger partial charge is 0.379 e. The molecule has 2 heterocycles. The third-order valence-electron chi connectivity index (χ3n) is 5.73. The van der Waals surface area contributed by atoms with E-state index in [1.165, 1.54) is 0 Å². The van der Waals surface area contributed by atoms with Gasteiger partial charge in [0.25, 0.3) is 5.91 Å². The minimum atomic E-state index is 0.0648. The predicted octanol–water partition coefficient (Wildman–Crippen LogP) is 1.19. The van der Waals surface area contributed by atoms with Crippen LogP contribution in [0.2, 0.25) is 0 Å². The summed E-state index contributed by atoms with van der Waals surface area (Å²) in [6.07, 6.45) is 0.929. The number of piperazine rings is 1. The zero-order chi connectivity index (χ0) is 20.6. The minimum Gasteiger partial charge on any atom is -0.379 e. The lowest BCUT2D eigenvalue weighted by Crippen LogP contribution is -2.51. The number of nitrogens with one attached hydrogen (secondary N) is 1. The molecule has 1 unspecified atom stereocenters. The monoisotopic (exact) mass is 402 g/mol. The number of carbonyl (C=O) groups excluding carboxylic acids is 2. The molecule has 2 amide bonds. The van der Waals surface area contributed by atoms with E-state index < -0.39 is 0 Å². The van der Waals surface area contributed by atoms with Gasteiger partial charge in [0.1, 0.15) is 0 Å². The van der Waals surface area contributed by atoms with Gasteiger partial charge in [0.15, 0.2) is 0 Å². The van der Waals surface area contributed by atoms with Crippen LogP contribution in [0.1, 0.15) is 36.2 Å². The van der Waals surface area contributed by atoms with Crippen molar-refractivity contribution in [3.8, 4) is 0 Å². The van der Waals surface area contributed by atoms with E-state index in [0.29, 0.717) is 19.6 Å². The van der Waals surface area contributed by atoms with Crippen LogP contribution in [0.3, 0.4) is 0 Å². The maximum absolute atomic E-state index is 13.0. The molecule has 1 aromatic carbocycles. The van der Waals surface area contributed by atoms with Crippen molar-refractivity contribution in [1.29, 1.82) is 0 Å². The molecular weight excluding hydrogens is 368 g/mol. The van der Waals surface area contributed by atoms with E-state index in [9.17, 15) is 9.59 Å². The molecule has 7 nitrogen and oxygen atoms in total. The minimum absolute atomic E-state index is 0.0648. The van der Waals surface area contributed by atoms with Crippen molar-refractivity contribution in [2.24, 2.45) is 0 Å². The molecule has 1 aromatic rings. The molecule has 7 heteroatoms. The van der Waals surface area contributed by atoms with Crippen LogP contribution in [0, 0.1) is 0 Å². The first-order chi connectivity index (χ1) is 14.0. The number of ether oxygens (including phenoxy) is 1. The zero-order valence-electron chi connectivity index (χ0n) is 17.7. The van der Waals surface area contributed by atoms with Crippen LogP contribution in [0.5, 0.6) is 0 Å². The molecule has 2 aliphatic rings. The van der Waals surface area contributed by atoms with E-state index in [4.69, 9.17) is 4.74 Å². The highest BCUT2D eigenvalue weighted by atomic mass is 16.5. The molecule has 1 atom stereocenters. The summed E-state index contributed by atoms with van der Waals surface area (Å²) in [5.74, 6) is 0.146. The van der Waals surface area contributed by atoms with Crippen LogP contribution in [0.15, 0.2) is 24.3 Å². The highest BCUT2D eigenvalue weighted by molar-refractivity contribution is 5.94. The van der Waals surface area contributed by atoms with E-state index in [0.717, 1.165) is 63.5 Å². The fourth-order valence-electron chi connectivity index (χ4n) is 3.74. The van der Waals surface area contributed by atoms with Crippen LogP contribution < -0.4 is 5.32 Å². The van der Waals surface area contributed by atoms with Crippen molar-refractivity contribution < 1.29 is 14.3 Å². The number of carbonyl (C=O) groups is 2. The molecule has 0 bridgehead atoms. The molecule has 0 spiro atoms. The summed E-state index contributed by atoms with van der Waals surface area (Å²) in [6.45, 7) is 11.5. The van der Waals surface area contributed by atoms with Crippen molar-refractivity contribution >= 4 is 11.8 Å². The highest BCUT2D eigenvalue weighted by Gasteiger charge is 2.24. The maximum atomic E-state index is 13.0. The average Bonchev–Trinajstić information content (AvgIpc) is 2.74. The second-order valence-corrected chi connectivity index (χ2v) is 8.03. The van der Waals surface area contributed by atoms with E-state index in [1.54, 1.807) is 0 Å². The Morgan fingerprint density at radius 3 is 2.48 bits per heavy atom. The molecule has 29 heavy (non-hydrogen) atoms. The molecule has 0 aromatic heterocycles. The first-order valence-electron chi connectivity index (χ1n) is 10.7. The quantitative estimate of drug-likeness (QED) is 0.742. The van der Waals surface area contributed by atoms with Crippen LogP contribution in [0.25, 0.3) is 0 Å². The fourth-order valence-corrected chi connectivity index (χ4v) is 3.74. The Kier molecular flexibility index (Phi) is 8.03. The van der Waals surface area contributed by atoms with Gasteiger partial charge in [0, 0.05) is 57.4 Å². The second-order valence-electron chi connectivity index (χ2n) is 8.03. The Labute approximate surface area is 174 Å². The Balaban J connectivity index is 1.49. The normalized spacial score (nSPS) is 19.7. The lowest BCUT2D eigenvalue weighted by Gasteiger charge is -2.34. The van der Waals surface area contributed by atoms with Gasteiger partial charge in [-0.15, -0.1) is 0 Å². The number of hydrogen-bond acceptors (Lipinski definition) is 5. The summed E-state index contributed by atoms with van der Waals surface area (Å²) < 4.78 is 5.40. The molecule has 1 N–H and O–H groups in total. The van der Waals surface area contributed by atoms with Crippen molar-refractivity contribution in [2.45, 2.75) is 32.9 Å². The highest BCUT2D eigenvalue weighted by Crippen LogP contribution is 2.13. The van der Waals surface area contributed by atoms with E-state index in [-0.39, 0.29) is 17.9 Å². The third kappa shape index (κ3) is 6.52. The van der Waals surface area contributed by atoms with Gasteiger partial charge in [-0.25, -0.2) is 0 Å². The summed E-state index contributed by atoms with van der Waals surface area (Å²) in [5, 5.41) is 3.00. The Morgan fingerprint density at radius 1 is 1.07 bits per heavy atom. The number of rotatable bonds is 7. The topological polar surface area (TPSA) is 65.1 Å². The SMILES string of the molecule is CCC(C)NC(=O)CN1CCN(C(=O)c2cccc(CN3CCOCC3)c2)CC1. The fraction of sp³-hybridized carbons (Fsp3) is 0.636. The van der Waals surface area contributed by atoms with Crippen LogP contribution in [0.4, 0.5) is 0 Å². The lowest BCUT2D eigenvalue weighted by atomic mass is 10.1. The van der Waals surface area contributed by atoms with Crippen molar-refractivity contribution in [3.05, 3.63) is 35.4 Å². The molecule has 2 fully saturated rings. The lowest BCUT2D eigenvalue weighted by molar-refractivity contribution is -0.123. The second kappa shape index (κ2) is 10.7. The molecule has 0 aliphatic carbocycles. The summed E-state index contributed by atoms with van der Waals surface area (Å²) >= 11 is 0. The summed E-state index contributed by atoms with van der Waals surface area (Å²) in [7, 11) is 0. The maximum Gasteiger partial charge on any atom is 0.253 e. The van der Waals surface area contributed by atoms with Gasteiger partial charge in [-0.1, -0.05) is 19.1 Å².